The summed E-state index contributed by atoms with van der Waals surface area (Å²) < 4.78 is 28.8. The predicted octanol–water partition coefficient (Wildman–Crippen LogP) is 5.36. The van der Waals surface area contributed by atoms with Gasteiger partial charge in [0.2, 0.25) is 11.8 Å². The minimum Gasteiger partial charge on any atom is -0.355 e. The molecule has 0 aliphatic heterocycles. The highest BCUT2D eigenvalue weighted by atomic mass is 35.5. The second-order valence-corrected chi connectivity index (χ2v) is 11.7. The molecule has 3 aromatic rings. The Kier molecular flexibility index (Phi) is 9.82. The molecular formula is C28H31Cl2N3O4S. The quantitative estimate of drug-likeness (QED) is 0.352. The average Bonchev–Trinajstić information content (AvgIpc) is 2.87. The van der Waals surface area contributed by atoms with Crippen LogP contribution in [0.3, 0.4) is 0 Å². The van der Waals surface area contributed by atoms with Crippen molar-refractivity contribution in [3.8, 4) is 0 Å². The number of aryl methyl sites for hydroxylation is 2. The number of hydrogen-bond donors (Lipinski definition) is 1. The van der Waals surface area contributed by atoms with Crippen molar-refractivity contribution in [1.82, 2.24) is 10.2 Å². The molecule has 0 aliphatic rings. The van der Waals surface area contributed by atoms with E-state index in [9.17, 15) is 18.0 Å². The average molecular weight is 577 g/mol. The van der Waals surface area contributed by atoms with Crippen molar-refractivity contribution < 1.29 is 18.0 Å². The van der Waals surface area contributed by atoms with Crippen LogP contribution in [-0.4, -0.2) is 44.3 Å². The Morgan fingerprint density at radius 3 is 2.24 bits per heavy atom. The van der Waals surface area contributed by atoms with E-state index in [1.165, 1.54) is 23.1 Å². The summed E-state index contributed by atoms with van der Waals surface area (Å²) in [4.78, 5) is 28.0. The van der Waals surface area contributed by atoms with Crippen LogP contribution in [0.25, 0.3) is 0 Å². The third-order valence-electron chi connectivity index (χ3n) is 6.09. The molecule has 0 bridgehead atoms. The van der Waals surface area contributed by atoms with E-state index in [0.29, 0.717) is 27.7 Å². The highest BCUT2D eigenvalue weighted by Gasteiger charge is 2.33. The van der Waals surface area contributed by atoms with Crippen molar-refractivity contribution in [1.29, 1.82) is 0 Å². The van der Waals surface area contributed by atoms with Gasteiger partial charge in [0.05, 0.1) is 10.6 Å². The van der Waals surface area contributed by atoms with Gasteiger partial charge in [-0.1, -0.05) is 59.1 Å². The van der Waals surface area contributed by atoms with Gasteiger partial charge in [0.1, 0.15) is 12.6 Å². The molecule has 38 heavy (non-hydrogen) atoms. The van der Waals surface area contributed by atoms with E-state index >= 15 is 0 Å². The molecule has 0 aliphatic carbocycles. The molecule has 3 rings (SSSR count). The summed E-state index contributed by atoms with van der Waals surface area (Å²) in [5.74, 6) is -0.909. The number of nitrogens with one attached hydrogen (secondary N) is 1. The molecule has 2 amide bonds. The van der Waals surface area contributed by atoms with E-state index in [4.69, 9.17) is 23.2 Å². The summed E-state index contributed by atoms with van der Waals surface area (Å²) in [7, 11) is -4.17. The maximum absolute atomic E-state index is 13.9. The van der Waals surface area contributed by atoms with Crippen molar-refractivity contribution in [2.45, 2.75) is 45.2 Å². The zero-order valence-corrected chi connectivity index (χ0v) is 24.1. The van der Waals surface area contributed by atoms with Crippen LogP contribution in [-0.2, 0) is 26.2 Å². The minimum absolute atomic E-state index is 0.0356. The minimum atomic E-state index is -4.17. The standard InChI is InChI=1S/C28H31Cl2N3O4S/c1-5-31-28(35)21(4)32(17-22-7-6-8-23(29)15-22)27(34)18-33(26-16-24(30)12-11-20(26)3)38(36,37)25-13-9-19(2)10-14-25/h6-16,21H,5,17-18H2,1-4H3,(H,31,35). The van der Waals surface area contributed by atoms with Crippen LogP contribution in [0.1, 0.15) is 30.5 Å². The van der Waals surface area contributed by atoms with E-state index in [1.807, 2.05) is 6.92 Å². The van der Waals surface area contributed by atoms with Gasteiger partial charge < -0.3 is 10.2 Å². The van der Waals surface area contributed by atoms with Crippen molar-refractivity contribution in [3.05, 3.63) is 93.5 Å². The Labute approximate surface area is 234 Å². The van der Waals surface area contributed by atoms with E-state index in [0.717, 1.165) is 9.87 Å². The van der Waals surface area contributed by atoms with Gasteiger partial charge >= 0.3 is 0 Å². The van der Waals surface area contributed by atoms with Gasteiger partial charge in [-0.3, -0.25) is 13.9 Å². The molecule has 0 saturated carbocycles. The summed E-state index contributed by atoms with van der Waals surface area (Å²) in [5, 5.41) is 3.54. The Hall–Kier alpha value is -3.07. The van der Waals surface area contributed by atoms with Gasteiger partial charge in [-0.05, 0) is 75.2 Å². The highest BCUT2D eigenvalue weighted by Crippen LogP contribution is 2.30. The van der Waals surface area contributed by atoms with E-state index < -0.39 is 28.5 Å². The summed E-state index contributed by atoms with van der Waals surface area (Å²) in [6.07, 6.45) is 0. The third-order valence-corrected chi connectivity index (χ3v) is 8.33. The Morgan fingerprint density at radius 1 is 0.947 bits per heavy atom. The zero-order valence-electron chi connectivity index (χ0n) is 21.7. The monoisotopic (exact) mass is 575 g/mol. The first kappa shape index (κ1) is 29.5. The summed E-state index contributed by atoms with van der Waals surface area (Å²) in [6, 6.07) is 17.3. The number of likely N-dealkylation sites (N-methyl/N-ethyl adjacent to an activating group) is 1. The van der Waals surface area contributed by atoms with E-state index in [1.54, 1.807) is 69.3 Å². The summed E-state index contributed by atoms with van der Waals surface area (Å²) >= 11 is 12.4. The number of rotatable bonds is 10. The Bertz CT molecular complexity index is 1410. The Balaban J connectivity index is 2.08. The van der Waals surface area contributed by atoms with Crippen LogP contribution in [0, 0.1) is 13.8 Å². The summed E-state index contributed by atoms with van der Waals surface area (Å²) in [6.45, 7) is 6.90. The number of carbonyl (C=O) groups excluding carboxylic acids is 2. The fourth-order valence-electron chi connectivity index (χ4n) is 3.94. The third kappa shape index (κ3) is 7.07. The van der Waals surface area contributed by atoms with Gasteiger partial charge in [0.25, 0.3) is 10.0 Å². The number of amides is 2. The van der Waals surface area contributed by atoms with Gasteiger partial charge in [0.15, 0.2) is 0 Å². The van der Waals surface area contributed by atoms with Crippen LogP contribution < -0.4 is 9.62 Å². The lowest BCUT2D eigenvalue weighted by atomic mass is 10.1. The molecule has 0 radical (unpaired) electrons. The first-order valence-corrected chi connectivity index (χ1v) is 14.3. The molecule has 7 nitrogen and oxygen atoms in total. The molecule has 3 aromatic carbocycles. The number of sulfonamides is 1. The topological polar surface area (TPSA) is 86.8 Å². The molecule has 10 heteroatoms. The molecule has 1 atom stereocenters. The van der Waals surface area contributed by atoms with Gasteiger partial charge in [0, 0.05) is 23.1 Å². The second-order valence-electron chi connectivity index (χ2n) is 8.98. The largest absolute Gasteiger partial charge is 0.355 e. The molecule has 0 fully saturated rings. The number of hydrogen-bond acceptors (Lipinski definition) is 4. The van der Waals surface area contributed by atoms with Crippen molar-refractivity contribution in [2.24, 2.45) is 0 Å². The molecule has 1 N–H and O–H groups in total. The highest BCUT2D eigenvalue weighted by molar-refractivity contribution is 7.92. The molecule has 202 valence electrons. The lowest BCUT2D eigenvalue weighted by molar-refractivity contribution is -0.139. The maximum atomic E-state index is 13.9. The van der Waals surface area contributed by atoms with Crippen molar-refractivity contribution >= 4 is 50.7 Å². The number of anilines is 1. The molecule has 0 aromatic heterocycles. The maximum Gasteiger partial charge on any atom is 0.264 e. The van der Waals surface area contributed by atoms with Gasteiger partial charge in [-0.15, -0.1) is 0 Å². The van der Waals surface area contributed by atoms with Crippen LogP contribution >= 0.6 is 23.2 Å². The number of carbonyl (C=O) groups is 2. The van der Waals surface area contributed by atoms with Crippen molar-refractivity contribution in [2.75, 3.05) is 17.4 Å². The van der Waals surface area contributed by atoms with Crippen LogP contribution in [0.2, 0.25) is 10.0 Å². The molecule has 1 unspecified atom stereocenters. The molecule has 0 spiro atoms. The Morgan fingerprint density at radius 2 is 1.61 bits per heavy atom. The molecular weight excluding hydrogens is 545 g/mol. The summed E-state index contributed by atoms with van der Waals surface area (Å²) in [5.41, 5.74) is 2.50. The molecule has 0 heterocycles. The SMILES string of the molecule is CCNC(=O)C(C)N(Cc1cccc(Cl)c1)C(=O)CN(c1cc(Cl)ccc1C)S(=O)(=O)c1ccc(C)cc1. The number of nitrogens with zero attached hydrogens (tertiary/aromatic N) is 2. The van der Waals surface area contributed by atoms with Gasteiger partial charge in [-0.25, -0.2) is 8.42 Å². The lowest BCUT2D eigenvalue weighted by Crippen LogP contribution is -2.51. The lowest BCUT2D eigenvalue weighted by Gasteiger charge is -2.32. The van der Waals surface area contributed by atoms with Crippen LogP contribution in [0.15, 0.2) is 71.6 Å². The first-order valence-electron chi connectivity index (χ1n) is 12.1. The van der Waals surface area contributed by atoms with Crippen molar-refractivity contribution in [3.63, 3.8) is 0 Å². The first-order chi connectivity index (χ1) is 17.9. The second kappa shape index (κ2) is 12.7. The normalized spacial score (nSPS) is 12.1. The van der Waals surface area contributed by atoms with E-state index in [-0.39, 0.29) is 23.0 Å². The smallest absolute Gasteiger partial charge is 0.264 e. The fourth-order valence-corrected chi connectivity index (χ4v) is 5.79. The molecule has 0 saturated heterocycles. The zero-order chi connectivity index (χ0) is 28.0. The fraction of sp³-hybridized carbons (Fsp3) is 0.286. The van der Waals surface area contributed by atoms with Gasteiger partial charge in [-0.2, -0.15) is 0 Å². The van der Waals surface area contributed by atoms with E-state index in [2.05, 4.69) is 5.32 Å². The van der Waals surface area contributed by atoms with Crippen LogP contribution in [0.4, 0.5) is 5.69 Å². The predicted molar refractivity (Wildman–Crippen MR) is 152 cm³/mol. The number of halogens is 2. The number of benzene rings is 3. The van der Waals surface area contributed by atoms with Crippen LogP contribution in [0.5, 0.6) is 0 Å².